The van der Waals surface area contributed by atoms with Crippen molar-refractivity contribution in [3.8, 4) is 0 Å². The van der Waals surface area contributed by atoms with Gasteiger partial charge in [-0.1, -0.05) is 60.7 Å². The molecule has 0 fully saturated rings. The predicted molar refractivity (Wildman–Crippen MR) is 177 cm³/mol. The molecule has 13 nitrogen and oxygen atoms in total. The monoisotopic (exact) mass is 656 g/mol. The van der Waals surface area contributed by atoms with Gasteiger partial charge in [0.15, 0.2) is 0 Å². The van der Waals surface area contributed by atoms with Crippen molar-refractivity contribution in [2.24, 2.45) is 11.5 Å². The molecule has 0 aliphatic carbocycles. The van der Waals surface area contributed by atoms with Crippen LogP contribution in [0.2, 0.25) is 0 Å². The third-order valence-corrected chi connectivity index (χ3v) is 7.49. The van der Waals surface area contributed by atoms with E-state index in [1.54, 1.807) is 67.7 Å². The van der Waals surface area contributed by atoms with Crippen molar-refractivity contribution < 1.29 is 30.1 Å². The van der Waals surface area contributed by atoms with Gasteiger partial charge < -0.3 is 42.8 Å². The van der Waals surface area contributed by atoms with E-state index >= 15 is 0 Å². The maximum absolute atomic E-state index is 13.6. The van der Waals surface area contributed by atoms with Gasteiger partial charge in [0.1, 0.15) is 25.8 Å². The van der Waals surface area contributed by atoms with Gasteiger partial charge in [-0.25, -0.2) is 0 Å². The maximum Gasteiger partial charge on any atom is 0.243 e. The summed E-state index contributed by atoms with van der Waals surface area (Å²) in [7, 11) is 1.57. The Kier molecular flexibility index (Phi) is 16.3. The van der Waals surface area contributed by atoms with E-state index in [2.05, 4.69) is 39.2 Å². The van der Waals surface area contributed by atoms with Crippen molar-refractivity contribution in [3.63, 3.8) is 0 Å². The molecule has 0 aliphatic heterocycles. The van der Waals surface area contributed by atoms with Crippen LogP contribution >= 0.6 is 12.6 Å². The molecular formula is C32H45N7O6S. The molecule has 0 radical (unpaired) electrons. The first kappa shape index (κ1) is 36.2. The number of hydrogen-bond acceptors (Lipinski definition) is 9. The van der Waals surface area contributed by atoms with Crippen LogP contribution < -0.4 is 38.1 Å². The Hall–Kier alpha value is -4.27. The molecule has 0 heterocycles. The number of unbranched alkanes of at least 4 members (excludes halogenated alkanes) is 1. The number of rotatable bonds is 21. The topological polar surface area (TPSA) is 215 Å². The molecule has 0 saturated carbocycles. The van der Waals surface area contributed by atoms with E-state index in [0.717, 1.165) is 5.56 Å². The van der Waals surface area contributed by atoms with Gasteiger partial charge in [0, 0.05) is 12.2 Å². The summed E-state index contributed by atoms with van der Waals surface area (Å²) in [6.07, 6.45) is -0.302. The first-order valence-corrected chi connectivity index (χ1v) is 15.7. The quantitative estimate of drug-likeness (QED) is 0.0479. The molecule has 0 aliphatic rings. The average molecular weight is 657 g/mol. The fourth-order valence-corrected chi connectivity index (χ4v) is 4.95. The lowest BCUT2D eigenvalue weighted by atomic mass is 10.0. The summed E-state index contributed by atoms with van der Waals surface area (Å²) in [5, 5.41) is 13.1. The molecule has 0 spiro atoms. The number of aldehydes is 1. The molecule has 2 rings (SSSR count). The number of hydrogen-bond donors (Lipinski definition) is 8. The molecule has 5 atom stereocenters. The zero-order valence-electron chi connectivity index (χ0n) is 26.9. The highest BCUT2D eigenvalue weighted by Crippen LogP contribution is 2.08. The lowest BCUT2D eigenvalue weighted by Gasteiger charge is -2.26. The second-order valence-electron chi connectivity index (χ2n) is 10.7. The molecule has 14 heteroatoms. The third-order valence-electron chi connectivity index (χ3n) is 7.12. The zero-order valence-corrected chi connectivity index (χ0v) is 26.8. The summed E-state index contributed by atoms with van der Waals surface area (Å²) >= 11 is 4.15. The Morgan fingerprint density at radius 2 is 1.26 bits per heavy atom. The molecule has 0 bridgehead atoms. The maximum atomic E-state index is 13.6. The summed E-state index contributed by atoms with van der Waals surface area (Å²) in [6, 6.07) is 11.9. The van der Waals surface area contributed by atoms with Crippen LogP contribution in [-0.4, -0.2) is 85.4 Å². The highest BCUT2D eigenvalue weighted by Gasteiger charge is 2.32. The molecule has 46 heavy (non-hydrogen) atoms. The first-order valence-electron chi connectivity index (χ1n) is 15.5. The van der Waals surface area contributed by atoms with Crippen LogP contribution in [0.3, 0.4) is 0 Å². The minimum Gasteiger partial charge on any atom is -0.370 e. The van der Waals surface area contributed by atoms with E-state index in [0.29, 0.717) is 24.9 Å². The van der Waals surface area contributed by atoms with Crippen molar-refractivity contribution in [2.45, 2.75) is 68.7 Å². The fourth-order valence-electron chi connectivity index (χ4n) is 4.60. The van der Waals surface area contributed by atoms with Crippen LogP contribution in [0.15, 0.2) is 60.7 Å². The molecule has 2 aromatic rings. The average Bonchev–Trinajstić information content (AvgIpc) is 3.04. The summed E-state index contributed by atoms with van der Waals surface area (Å²) in [4.78, 5) is 77.4. The Balaban J connectivity index is 2.30. The molecule has 9 N–H and O–H groups in total. The normalized spacial score (nSPS) is 14.4. The Labute approximate surface area is 276 Å². The molecule has 0 aromatic heterocycles. The van der Waals surface area contributed by atoms with Crippen molar-refractivity contribution in [1.82, 2.24) is 26.6 Å². The van der Waals surface area contributed by atoms with E-state index in [9.17, 15) is 28.8 Å². The third kappa shape index (κ3) is 13.4. The number of carbonyl (C=O) groups is 6. The van der Waals surface area contributed by atoms with Gasteiger partial charge in [-0.05, 0) is 50.4 Å². The molecular weight excluding hydrogens is 610 g/mol. The molecule has 5 amide bonds. The van der Waals surface area contributed by atoms with E-state index < -0.39 is 72.4 Å². The van der Waals surface area contributed by atoms with E-state index in [1.807, 2.05) is 0 Å². The fraction of sp³-hybridized carbons (Fsp3) is 0.438. The van der Waals surface area contributed by atoms with Crippen LogP contribution in [0.5, 0.6) is 0 Å². The Bertz CT molecular complexity index is 1330. The summed E-state index contributed by atoms with van der Waals surface area (Å²) in [5.74, 6) is -3.59. The molecule has 250 valence electrons. The van der Waals surface area contributed by atoms with Gasteiger partial charge in [0.2, 0.25) is 29.5 Å². The van der Waals surface area contributed by atoms with E-state index in [-0.39, 0.29) is 25.0 Å². The van der Waals surface area contributed by atoms with E-state index in [1.165, 1.54) is 0 Å². The SMILES string of the molecule is [2H]C(=O)[C@H](Cc1ccccc1)NC(=O)[C@H](Cc1ccccc1)NC(=O)[C@H](CC(N)=O)NC(=O)[C@H](CCCCN)NC(=O)[C@H](CS)NC. The number of amides is 5. The predicted octanol–water partition coefficient (Wildman–Crippen LogP) is -0.868. The van der Waals surface area contributed by atoms with E-state index in [4.69, 9.17) is 12.8 Å². The number of carbonyl (C=O) groups excluding carboxylic acids is 6. The second kappa shape index (κ2) is 20.7. The Morgan fingerprint density at radius 1 is 0.761 bits per heavy atom. The van der Waals surface area contributed by atoms with Gasteiger partial charge in [-0.3, -0.25) is 24.0 Å². The van der Waals surface area contributed by atoms with Crippen molar-refractivity contribution in [3.05, 3.63) is 71.8 Å². The van der Waals surface area contributed by atoms with Crippen LogP contribution in [0.1, 0.15) is 38.2 Å². The van der Waals surface area contributed by atoms with Gasteiger partial charge in [0.05, 0.1) is 18.5 Å². The number of likely N-dealkylation sites (N-methyl/N-ethyl adjacent to an activating group) is 1. The van der Waals surface area contributed by atoms with Crippen molar-refractivity contribution in [1.29, 1.82) is 0 Å². The standard InChI is InChI=1S/C32H45N7O6S/c1-35-27(20-46)32(45)37-24(14-8-9-15-33)29(42)39-26(18-28(34)41)31(44)38-25(17-22-12-6-3-7-13-22)30(43)36-23(19-40)16-21-10-4-2-5-11-21/h2-7,10-13,19,23-27,35,46H,8-9,14-18,20,33H2,1H3,(H2,34,41)(H,36,43)(H,37,45)(H,38,44)(H,39,42)/t23-,24-,25-,26-,27-/m0/s1/i19D. The minimum absolute atomic E-state index is 0.00714. The summed E-state index contributed by atoms with van der Waals surface area (Å²) in [6.45, 7) is 0.369. The van der Waals surface area contributed by atoms with Gasteiger partial charge >= 0.3 is 0 Å². The Morgan fingerprint density at radius 3 is 1.78 bits per heavy atom. The highest BCUT2D eigenvalue weighted by atomic mass is 32.1. The largest absolute Gasteiger partial charge is 0.370 e. The number of thiol groups is 1. The number of benzene rings is 2. The van der Waals surface area contributed by atoms with Gasteiger partial charge in [-0.15, -0.1) is 0 Å². The van der Waals surface area contributed by atoms with Gasteiger partial charge in [0.25, 0.3) is 0 Å². The van der Waals surface area contributed by atoms with Crippen LogP contribution in [-0.2, 0) is 41.6 Å². The van der Waals surface area contributed by atoms with Crippen molar-refractivity contribution >= 4 is 48.4 Å². The molecule has 2 aromatic carbocycles. The number of primary amides is 1. The molecule has 0 saturated heterocycles. The minimum atomic E-state index is -1.50. The molecule has 0 unspecified atom stereocenters. The zero-order chi connectivity index (χ0) is 34.8. The first-order chi connectivity index (χ1) is 22.5. The highest BCUT2D eigenvalue weighted by molar-refractivity contribution is 7.80. The smallest absolute Gasteiger partial charge is 0.243 e. The summed E-state index contributed by atoms with van der Waals surface area (Å²) in [5.41, 5.74) is 12.4. The van der Waals surface area contributed by atoms with Crippen LogP contribution in [0, 0.1) is 0 Å². The lowest BCUT2D eigenvalue weighted by molar-refractivity contribution is -0.135. The van der Waals surface area contributed by atoms with Crippen molar-refractivity contribution in [2.75, 3.05) is 19.3 Å². The number of nitrogens with one attached hydrogen (secondary N) is 5. The van der Waals surface area contributed by atoms with Crippen LogP contribution in [0.4, 0.5) is 0 Å². The number of nitrogens with two attached hydrogens (primary N) is 2. The second-order valence-corrected chi connectivity index (χ2v) is 11.1. The van der Waals surface area contributed by atoms with Crippen LogP contribution in [0.25, 0.3) is 0 Å². The summed E-state index contributed by atoms with van der Waals surface area (Å²) < 4.78 is 7.72. The lowest BCUT2D eigenvalue weighted by Crippen LogP contribution is -2.59. The van der Waals surface area contributed by atoms with Gasteiger partial charge in [-0.2, -0.15) is 12.6 Å².